The van der Waals surface area contributed by atoms with Gasteiger partial charge >= 0.3 is 12.1 Å². The van der Waals surface area contributed by atoms with Gasteiger partial charge in [-0.05, 0) is 78.3 Å². The number of carbonyl (C=O) groups is 3. The maximum atomic E-state index is 14.9. The number of rotatable bonds is 11. The number of nitrogens with zero attached hydrogens (tertiary/aromatic N) is 2. The van der Waals surface area contributed by atoms with Crippen molar-refractivity contribution in [3.05, 3.63) is 177 Å². The number of piperidine rings is 1. The maximum Gasteiger partial charge on any atom is 0.410 e. The van der Waals surface area contributed by atoms with Gasteiger partial charge in [-0.3, -0.25) is 14.5 Å². The Morgan fingerprint density at radius 1 is 0.689 bits per heavy atom. The zero-order chi connectivity index (χ0) is 42.2. The van der Waals surface area contributed by atoms with Gasteiger partial charge in [-0.1, -0.05) is 165 Å². The molecule has 5 aromatic rings. The summed E-state index contributed by atoms with van der Waals surface area (Å²) in [5.74, 6) is -0.628. The summed E-state index contributed by atoms with van der Waals surface area (Å²) in [6, 6.07) is 41.0. The lowest BCUT2D eigenvalue weighted by Crippen LogP contribution is -2.52. The molecule has 2 amide bonds. The van der Waals surface area contributed by atoms with E-state index in [9.17, 15) is 14.4 Å². The largest absolute Gasteiger partial charge is 0.448 e. The van der Waals surface area contributed by atoms with Crippen molar-refractivity contribution < 1.29 is 23.9 Å². The number of fused-ring (bicyclic) bond motifs is 2. The summed E-state index contributed by atoms with van der Waals surface area (Å²) >= 11 is 7.07. The van der Waals surface area contributed by atoms with Gasteiger partial charge in [-0.15, -0.1) is 0 Å². The Bertz CT molecular complexity index is 2240. The van der Waals surface area contributed by atoms with Crippen LogP contribution in [0.25, 0.3) is 0 Å². The van der Waals surface area contributed by atoms with Gasteiger partial charge < -0.3 is 14.4 Å². The van der Waals surface area contributed by atoms with Crippen molar-refractivity contribution in [3.63, 3.8) is 0 Å². The molecule has 1 heterocycles. The molecule has 8 heteroatoms. The molecule has 8 rings (SSSR count). The minimum atomic E-state index is -1.46. The van der Waals surface area contributed by atoms with Crippen LogP contribution in [0.1, 0.15) is 127 Å². The highest BCUT2D eigenvalue weighted by atomic mass is 35.5. The van der Waals surface area contributed by atoms with Crippen LogP contribution >= 0.6 is 11.6 Å². The average molecular weight is 838 g/mol. The lowest BCUT2D eigenvalue weighted by Gasteiger charge is -2.38. The molecule has 2 atom stereocenters. The van der Waals surface area contributed by atoms with Crippen molar-refractivity contribution >= 4 is 29.6 Å². The van der Waals surface area contributed by atoms with Gasteiger partial charge in [-0.25, -0.2) is 4.79 Å². The predicted octanol–water partition coefficient (Wildman–Crippen LogP) is 11.6. The molecule has 1 saturated heterocycles. The summed E-state index contributed by atoms with van der Waals surface area (Å²) in [6.45, 7) is 1.21. The Morgan fingerprint density at radius 3 is 1.90 bits per heavy atom. The van der Waals surface area contributed by atoms with Crippen molar-refractivity contribution in [1.82, 2.24) is 9.80 Å². The molecule has 0 radical (unpaired) electrons. The van der Waals surface area contributed by atoms with E-state index in [1.165, 1.54) is 53.7 Å². The maximum absolute atomic E-state index is 14.9. The fourth-order valence-electron chi connectivity index (χ4n) is 9.94. The molecule has 0 spiro atoms. The Balaban J connectivity index is 1.11. The highest BCUT2D eigenvalue weighted by Crippen LogP contribution is 2.45. The zero-order valence-electron chi connectivity index (χ0n) is 35.3. The molecule has 0 bridgehead atoms. The molecule has 0 aromatic heterocycles. The van der Waals surface area contributed by atoms with Crippen molar-refractivity contribution in [2.75, 3.05) is 26.7 Å². The summed E-state index contributed by atoms with van der Waals surface area (Å²) in [7, 11) is 1.55. The first-order chi connectivity index (χ1) is 29.8. The van der Waals surface area contributed by atoms with Crippen LogP contribution in [0.15, 0.2) is 127 Å². The molecule has 1 aliphatic heterocycles. The summed E-state index contributed by atoms with van der Waals surface area (Å²) in [5, 5.41) is 0.441. The fraction of sp³-hybridized carbons (Fsp3) is 0.377. The molecule has 1 saturated carbocycles. The van der Waals surface area contributed by atoms with Gasteiger partial charge in [0.2, 0.25) is 5.91 Å². The molecule has 0 N–H and O–H groups in total. The van der Waals surface area contributed by atoms with Crippen LogP contribution in [0.3, 0.4) is 0 Å². The zero-order valence-corrected chi connectivity index (χ0v) is 36.0. The minimum Gasteiger partial charge on any atom is -0.448 e. The third kappa shape index (κ3) is 9.28. The van der Waals surface area contributed by atoms with Gasteiger partial charge in [0.05, 0.1) is 6.42 Å². The topological polar surface area (TPSA) is 76.1 Å². The van der Waals surface area contributed by atoms with E-state index in [1.807, 2.05) is 72.8 Å². The molecule has 3 aliphatic rings. The van der Waals surface area contributed by atoms with E-state index in [1.54, 1.807) is 18.0 Å². The van der Waals surface area contributed by atoms with Gasteiger partial charge in [0, 0.05) is 47.8 Å². The highest BCUT2D eigenvalue weighted by Gasteiger charge is 2.44. The van der Waals surface area contributed by atoms with Crippen LogP contribution in [0.2, 0.25) is 5.02 Å². The third-order valence-electron chi connectivity index (χ3n) is 13.3. The highest BCUT2D eigenvalue weighted by molar-refractivity contribution is 6.31. The van der Waals surface area contributed by atoms with Crippen LogP contribution in [-0.4, -0.2) is 60.6 Å². The molecular formula is C53H57ClN2O5. The Morgan fingerprint density at radius 2 is 1.25 bits per heavy atom. The third-order valence-corrected chi connectivity index (χ3v) is 13.6. The van der Waals surface area contributed by atoms with Crippen LogP contribution in [-0.2, 0) is 31.1 Å². The number of ether oxygens (including phenoxy) is 2. The van der Waals surface area contributed by atoms with E-state index in [4.69, 9.17) is 21.1 Å². The summed E-state index contributed by atoms with van der Waals surface area (Å²) in [4.78, 5) is 46.6. The van der Waals surface area contributed by atoms with E-state index in [0.717, 1.165) is 60.8 Å². The lowest BCUT2D eigenvalue weighted by molar-refractivity contribution is -0.157. The first-order valence-corrected chi connectivity index (χ1v) is 22.7. The van der Waals surface area contributed by atoms with Gasteiger partial charge in [0.1, 0.15) is 12.6 Å². The molecular weight excluding hydrogens is 780 g/mol. The minimum absolute atomic E-state index is 0.0900. The average Bonchev–Trinajstić information content (AvgIpc) is 3.29. The van der Waals surface area contributed by atoms with Crippen molar-refractivity contribution in [2.24, 2.45) is 0 Å². The Kier molecular flexibility index (Phi) is 13.5. The van der Waals surface area contributed by atoms with Crippen molar-refractivity contribution in [3.8, 4) is 0 Å². The Hall–Kier alpha value is -5.40. The number of benzene rings is 5. The van der Waals surface area contributed by atoms with E-state index in [-0.39, 0.29) is 24.9 Å². The SMILES string of the molecule is CN(C(=O)OCC1c2ccccc2Cc2ccccc21)C(CC(=O)OC(c1ccccc1)(c1ccc(C2CCCCCCC2)cc1)c1ccccc1Cl)C(=O)N1CCCCC1. The van der Waals surface area contributed by atoms with E-state index in [2.05, 4.69) is 48.5 Å². The molecule has 5 aromatic carbocycles. The van der Waals surface area contributed by atoms with Gasteiger partial charge in [-0.2, -0.15) is 0 Å². The second-order valence-corrected chi connectivity index (χ2v) is 17.5. The summed E-state index contributed by atoms with van der Waals surface area (Å²) in [6.07, 6.45) is 11.1. The molecule has 2 unspecified atom stereocenters. The molecule has 7 nitrogen and oxygen atoms in total. The fourth-order valence-corrected chi connectivity index (χ4v) is 10.2. The first kappa shape index (κ1) is 42.3. The van der Waals surface area contributed by atoms with Gasteiger partial charge in [0.15, 0.2) is 5.60 Å². The number of carbonyl (C=O) groups excluding carboxylic acids is 3. The number of halogens is 1. The quantitative estimate of drug-likeness (QED) is 0.0978. The second kappa shape index (κ2) is 19.5. The van der Waals surface area contributed by atoms with Crippen LogP contribution < -0.4 is 0 Å². The Labute approximate surface area is 366 Å². The monoisotopic (exact) mass is 836 g/mol. The number of likely N-dealkylation sites (N-methyl/N-ethyl adjacent to an activating group) is 1. The van der Waals surface area contributed by atoms with Gasteiger partial charge in [0.25, 0.3) is 0 Å². The number of esters is 1. The van der Waals surface area contributed by atoms with Crippen molar-refractivity contribution in [1.29, 1.82) is 0 Å². The van der Waals surface area contributed by atoms with Crippen molar-refractivity contribution in [2.45, 2.75) is 101 Å². The second-order valence-electron chi connectivity index (χ2n) is 17.1. The van der Waals surface area contributed by atoms with Crippen LogP contribution in [0.4, 0.5) is 4.79 Å². The standard InChI is InChI=1S/C53H57ClN2O5/c1-55(52(59)60-37-46-44-25-13-11-21-40(44)35-41-22-12-14-26-45(41)46)49(51(58)56-33-17-6-18-34-56)36-50(57)61-53(42-23-9-5-10-24-42,47-27-15-16-28-48(47)54)43-31-29-39(30-32-43)38-19-7-3-2-4-8-20-38/h5,9-16,21-32,38,46,49H,2-4,6-8,17-20,33-37H2,1H3. The van der Waals surface area contributed by atoms with Crippen LogP contribution in [0.5, 0.6) is 0 Å². The predicted molar refractivity (Wildman–Crippen MR) is 241 cm³/mol. The smallest absolute Gasteiger partial charge is 0.410 e. The van der Waals surface area contributed by atoms with E-state index >= 15 is 0 Å². The molecule has 316 valence electrons. The lowest BCUT2D eigenvalue weighted by atomic mass is 9.78. The molecule has 61 heavy (non-hydrogen) atoms. The normalized spacial score (nSPS) is 17.4. The number of hydrogen-bond donors (Lipinski definition) is 0. The van der Waals surface area contributed by atoms with E-state index < -0.39 is 23.7 Å². The number of amides is 2. The summed E-state index contributed by atoms with van der Waals surface area (Å²) < 4.78 is 13.0. The van der Waals surface area contributed by atoms with Crippen LogP contribution in [0, 0.1) is 0 Å². The number of likely N-dealkylation sites (tertiary alicyclic amines) is 1. The number of hydrogen-bond acceptors (Lipinski definition) is 5. The summed E-state index contributed by atoms with van der Waals surface area (Å²) in [5.41, 5.74) is 6.53. The molecule has 2 fully saturated rings. The first-order valence-electron chi connectivity index (χ1n) is 22.3. The van der Waals surface area contributed by atoms with E-state index in [0.29, 0.717) is 29.6 Å². The molecule has 2 aliphatic carbocycles.